The molecule has 0 bridgehead atoms. The van der Waals surface area contributed by atoms with Gasteiger partial charge in [0.2, 0.25) is 17.7 Å². The summed E-state index contributed by atoms with van der Waals surface area (Å²) in [4.78, 5) is 42.1. The number of carboxylic acids is 1. The van der Waals surface area contributed by atoms with Gasteiger partial charge in [-0.15, -0.1) is 0 Å². The molecule has 2 aliphatic rings. The molecule has 1 aliphatic carbocycles. The van der Waals surface area contributed by atoms with Crippen LogP contribution in [0.3, 0.4) is 0 Å². The number of hydrogen-bond acceptors (Lipinski definition) is 3. The Labute approximate surface area is 220 Å². The molecule has 1 saturated heterocycles. The third kappa shape index (κ3) is 5.87. The first-order valence-corrected chi connectivity index (χ1v) is 13.0. The largest absolute Gasteiger partial charge is 0.481 e. The highest BCUT2D eigenvalue weighted by Crippen LogP contribution is 2.41. The Morgan fingerprint density at radius 1 is 1.03 bits per heavy atom. The Morgan fingerprint density at radius 3 is 2.26 bits per heavy atom. The summed E-state index contributed by atoms with van der Waals surface area (Å²) in [7, 11) is 0. The molecule has 2 unspecified atom stereocenters. The molecule has 9 heteroatoms. The highest BCUT2D eigenvalue weighted by atomic mass is 19.3. The van der Waals surface area contributed by atoms with Crippen molar-refractivity contribution in [3.05, 3.63) is 66.0 Å². The normalized spacial score (nSPS) is 21.4. The Morgan fingerprint density at radius 2 is 1.66 bits per heavy atom. The summed E-state index contributed by atoms with van der Waals surface area (Å²) >= 11 is 0. The molecule has 204 valence electrons. The summed E-state index contributed by atoms with van der Waals surface area (Å²) in [5.74, 6) is -6.08. The lowest BCUT2D eigenvalue weighted by Crippen LogP contribution is -2.52. The van der Waals surface area contributed by atoms with Crippen LogP contribution in [0.5, 0.6) is 0 Å². The van der Waals surface area contributed by atoms with E-state index in [-0.39, 0.29) is 56.7 Å². The smallest absolute Gasteiger partial charge is 0.310 e. The van der Waals surface area contributed by atoms with Crippen LogP contribution in [-0.4, -0.2) is 52.8 Å². The fourth-order valence-corrected chi connectivity index (χ4v) is 5.74. The van der Waals surface area contributed by atoms with Crippen molar-refractivity contribution in [2.24, 2.45) is 5.41 Å². The average molecular weight is 531 g/mol. The summed E-state index contributed by atoms with van der Waals surface area (Å²) in [6.07, 6.45) is -0.300. The maximum Gasteiger partial charge on any atom is 0.310 e. The number of alkyl halides is 2. The van der Waals surface area contributed by atoms with Crippen LogP contribution in [-0.2, 0) is 14.4 Å². The standard InChI is InChI=1S/C29H33F3N2O4/c1-20(23-11-5-6-12-24(23)30)26(36)33-16-14-28(15-17-33,27(37)38)19-25(35)34(21-8-3-2-4-9-21)22-10-7-13-29(31,32)18-22/h2-6,8-9,11-12,20,22H,7,10,13-19H2,1H3,(H,37,38). The van der Waals surface area contributed by atoms with Crippen LogP contribution in [0.1, 0.15) is 63.4 Å². The quantitative estimate of drug-likeness (QED) is 0.504. The van der Waals surface area contributed by atoms with Gasteiger partial charge in [0.05, 0.1) is 11.3 Å². The summed E-state index contributed by atoms with van der Waals surface area (Å²) in [6.45, 7) is 1.81. The number of piperidine rings is 1. The minimum atomic E-state index is -2.89. The number of hydrogen-bond donors (Lipinski definition) is 1. The van der Waals surface area contributed by atoms with Gasteiger partial charge in [-0.25, -0.2) is 13.2 Å². The molecule has 0 spiro atoms. The molecule has 2 amide bonds. The Bertz CT molecular complexity index is 1170. The van der Waals surface area contributed by atoms with E-state index in [9.17, 15) is 32.7 Å². The number of anilines is 1. The van der Waals surface area contributed by atoms with Gasteiger partial charge in [-0.3, -0.25) is 14.4 Å². The average Bonchev–Trinajstić information content (AvgIpc) is 2.89. The van der Waals surface area contributed by atoms with Crippen molar-refractivity contribution in [2.45, 2.75) is 69.8 Å². The Balaban J connectivity index is 1.51. The first-order valence-electron chi connectivity index (χ1n) is 13.0. The number of benzene rings is 2. The van der Waals surface area contributed by atoms with Gasteiger partial charge in [0.1, 0.15) is 5.82 Å². The second-order valence-electron chi connectivity index (χ2n) is 10.5. The first-order chi connectivity index (χ1) is 18.0. The van der Waals surface area contributed by atoms with Crippen molar-refractivity contribution in [1.82, 2.24) is 4.90 Å². The number of likely N-dealkylation sites (tertiary alicyclic amines) is 1. The van der Waals surface area contributed by atoms with Crippen LogP contribution in [0, 0.1) is 11.2 Å². The van der Waals surface area contributed by atoms with Gasteiger partial charge >= 0.3 is 5.97 Å². The molecule has 1 N–H and O–H groups in total. The van der Waals surface area contributed by atoms with Gasteiger partial charge in [-0.2, -0.15) is 0 Å². The van der Waals surface area contributed by atoms with E-state index >= 15 is 0 Å². The fraction of sp³-hybridized carbons (Fsp3) is 0.483. The number of halogens is 3. The molecule has 0 aromatic heterocycles. The van der Waals surface area contributed by atoms with Crippen LogP contribution in [0.25, 0.3) is 0 Å². The zero-order chi connectivity index (χ0) is 27.5. The van der Waals surface area contributed by atoms with E-state index in [1.165, 1.54) is 15.9 Å². The Kier molecular flexibility index (Phi) is 8.13. The van der Waals surface area contributed by atoms with E-state index in [1.807, 2.05) is 0 Å². The summed E-state index contributed by atoms with van der Waals surface area (Å²) in [5.41, 5.74) is -0.697. The molecule has 2 fully saturated rings. The summed E-state index contributed by atoms with van der Waals surface area (Å²) < 4.78 is 42.8. The second-order valence-corrected chi connectivity index (χ2v) is 10.5. The molecule has 1 heterocycles. The lowest BCUT2D eigenvalue weighted by molar-refractivity contribution is -0.157. The van der Waals surface area contributed by atoms with Gasteiger partial charge < -0.3 is 14.9 Å². The number of nitrogens with zero attached hydrogens (tertiary/aromatic N) is 2. The summed E-state index contributed by atoms with van der Waals surface area (Å²) in [5, 5.41) is 10.2. The van der Waals surface area contributed by atoms with Crippen molar-refractivity contribution < 1.29 is 32.7 Å². The van der Waals surface area contributed by atoms with Crippen LogP contribution >= 0.6 is 0 Å². The van der Waals surface area contributed by atoms with Crippen molar-refractivity contribution in [1.29, 1.82) is 0 Å². The van der Waals surface area contributed by atoms with Crippen molar-refractivity contribution in [3.8, 4) is 0 Å². The van der Waals surface area contributed by atoms with Gasteiger partial charge in [-0.1, -0.05) is 36.4 Å². The van der Waals surface area contributed by atoms with Gasteiger partial charge in [0, 0.05) is 44.1 Å². The first kappa shape index (κ1) is 27.7. The van der Waals surface area contributed by atoms with E-state index in [2.05, 4.69) is 0 Å². The van der Waals surface area contributed by atoms with E-state index in [0.29, 0.717) is 12.1 Å². The van der Waals surface area contributed by atoms with Crippen LogP contribution in [0.2, 0.25) is 0 Å². The second kappa shape index (κ2) is 11.2. The maximum atomic E-state index is 14.3. The third-order valence-corrected chi connectivity index (χ3v) is 8.00. The van der Waals surface area contributed by atoms with Crippen molar-refractivity contribution in [2.75, 3.05) is 18.0 Å². The third-order valence-electron chi connectivity index (χ3n) is 8.00. The number of carboxylic acid groups (broad SMARTS) is 1. The highest BCUT2D eigenvalue weighted by molar-refractivity contribution is 5.97. The zero-order valence-electron chi connectivity index (χ0n) is 21.4. The molecule has 2 aromatic rings. The predicted molar refractivity (Wildman–Crippen MR) is 136 cm³/mol. The molecule has 38 heavy (non-hydrogen) atoms. The fourth-order valence-electron chi connectivity index (χ4n) is 5.74. The topological polar surface area (TPSA) is 77.9 Å². The minimum Gasteiger partial charge on any atom is -0.481 e. The number of para-hydroxylation sites is 1. The molecule has 2 atom stereocenters. The molecule has 1 saturated carbocycles. The molecular weight excluding hydrogens is 497 g/mol. The minimum absolute atomic E-state index is 0.0350. The molecule has 4 rings (SSSR count). The maximum absolute atomic E-state index is 14.3. The number of rotatable bonds is 7. The van der Waals surface area contributed by atoms with E-state index in [4.69, 9.17) is 0 Å². The molecular formula is C29H33F3N2O4. The van der Waals surface area contributed by atoms with E-state index in [1.54, 1.807) is 55.5 Å². The number of carbonyl (C=O) groups is 3. The number of carbonyl (C=O) groups excluding carboxylic acids is 2. The number of aliphatic carboxylic acids is 1. The SMILES string of the molecule is CC(C(=O)N1CCC(CC(=O)N(c2ccccc2)C2CCCC(F)(F)C2)(C(=O)O)CC1)c1ccccc1F. The number of amides is 2. The molecule has 0 radical (unpaired) electrons. The van der Waals surface area contributed by atoms with Crippen molar-refractivity contribution in [3.63, 3.8) is 0 Å². The van der Waals surface area contributed by atoms with Crippen molar-refractivity contribution >= 4 is 23.5 Å². The molecule has 1 aliphatic heterocycles. The zero-order valence-corrected chi connectivity index (χ0v) is 21.4. The van der Waals surface area contributed by atoms with Gasteiger partial charge in [0.25, 0.3) is 0 Å². The predicted octanol–water partition coefficient (Wildman–Crippen LogP) is 5.62. The lowest BCUT2D eigenvalue weighted by atomic mass is 9.74. The van der Waals surface area contributed by atoms with Gasteiger partial charge in [0.15, 0.2) is 0 Å². The van der Waals surface area contributed by atoms with Crippen LogP contribution < -0.4 is 4.90 Å². The Hall–Kier alpha value is -3.36. The molecule has 6 nitrogen and oxygen atoms in total. The van der Waals surface area contributed by atoms with Crippen LogP contribution in [0.15, 0.2) is 54.6 Å². The monoisotopic (exact) mass is 530 g/mol. The highest BCUT2D eigenvalue weighted by Gasteiger charge is 2.47. The summed E-state index contributed by atoms with van der Waals surface area (Å²) in [6, 6.07) is 13.8. The van der Waals surface area contributed by atoms with E-state index < -0.39 is 47.4 Å². The van der Waals surface area contributed by atoms with Crippen LogP contribution in [0.4, 0.5) is 18.9 Å². The van der Waals surface area contributed by atoms with Gasteiger partial charge in [-0.05, 0) is 56.4 Å². The lowest BCUT2D eigenvalue weighted by Gasteiger charge is -2.42. The van der Waals surface area contributed by atoms with E-state index in [0.717, 1.165) is 0 Å². The molecule has 2 aromatic carbocycles.